The fraction of sp³-hybridized carbons (Fsp3) is 0.538. The van der Waals surface area contributed by atoms with Crippen molar-refractivity contribution in [2.45, 2.75) is 49.2 Å². The van der Waals surface area contributed by atoms with Gasteiger partial charge in [0.25, 0.3) is 0 Å². The quantitative estimate of drug-likeness (QED) is 0.875. The Morgan fingerprint density at radius 1 is 1.10 bits per heavy atom. The van der Waals surface area contributed by atoms with E-state index >= 15 is 0 Å². The maximum Gasteiger partial charge on any atom is 0.238 e. The predicted molar refractivity (Wildman–Crippen MR) is 82.0 cm³/mol. The lowest BCUT2D eigenvalue weighted by molar-refractivity contribution is 0.486. The van der Waals surface area contributed by atoms with Crippen LogP contribution in [0.4, 0.5) is 5.69 Å². The molecule has 0 heterocycles. The van der Waals surface area contributed by atoms with Crippen molar-refractivity contribution in [3.63, 3.8) is 0 Å². The number of sulfonamides is 2. The summed E-state index contributed by atoms with van der Waals surface area (Å²) in [5, 5.41) is 4.71. The smallest absolute Gasteiger partial charge is 0.238 e. The molecule has 21 heavy (non-hydrogen) atoms. The summed E-state index contributed by atoms with van der Waals surface area (Å²) in [6.45, 7) is 1.54. The van der Waals surface area contributed by atoms with Crippen molar-refractivity contribution >= 4 is 25.7 Å². The zero-order chi connectivity index (χ0) is 15.7. The second-order valence-electron chi connectivity index (χ2n) is 5.38. The number of hydrogen-bond acceptors (Lipinski definition) is 4. The standard InChI is InChI=1S/C13H20N2O4S2/c1-10-12(8-5-9-13(10)20(14,16)17)15-21(18,19)11-6-3-2-4-7-11/h5,8-9,11,15H,2-4,6-7H2,1H3,(H2,14,16,17). The van der Waals surface area contributed by atoms with E-state index in [0.29, 0.717) is 18.4 Å². The van der Waals surface area contributed by atoms with E-state index in [1.54, 1.807) is 13.0 Å². The third-order valence-corrected chi connectivity index (χ3v) is 6.74. The molecule has 0 aliphatic heterocycles. The van der Waals surface area contributed by atoms with Crippen LogP contribution in [0, 0.1) is 6.92 Å². The van der Waals surface area contributed by atoms with E-state index in [9.17, 15) is 16.8 Å². The van der Waals surface area contributed by atoms with Crippen LogP contribution in [-0.4, -0.2) is 22.1 Å². The predicted octanol–water partition coefficient (Wildman–Crippen LogP) is 1.72. The van der Waals surface area contributed by atoms with Crippen LogP contribution in [0.3, 0.4) is 0 Å². The van der Waals surface area contributed by atoms with Crippen LogP contribution >= 0.6 is 0 Å². The van der Waals surface area contributed by atoms with E-state index in [4.69, 9.17) is 5.14 Å². The molecule has 1 saturated carbocycles. The van der Waals surface area contributed by atoms with Gasteiger partial charge in [0.05, 0.1) is 15.8 Å². The summed E-state index contributed by atoms with van der Waals surface area (Å²) in [6.07, 6.45) is 4.15. The van der Waals surface area contributed by atoms with Crippen LogP contribution < -0.4 is 9.86 Å². The fourth-order valence-electron chi connectivity index (χ4n) is 2.65. The molecule has 0 spiro atoms. The number of anilines is 1. The minimum atomic E-state index is -3.87. The molecule has 1 aromatic carbocycles. The van der Waals surface area contributed by atoms with Gasteiger partial charge in [-0.1, -0.05) is 25.3 Å². The third kappa shape index (κ3) is 3.75. The number of benzene rings is 1. The van der Waals surface area contributed by atoms with E-state index in [-0.39, 0.29) is 10.6 Å². The molecule has 1 fully saturated rings. The van der Waals surface area contributed by atoms with Crippen LogP contribution in [-0.2, 0) is 20.0 Å². The van der Waals surface area contributed by atoms with Crippen LogP contribution in [0.2, 0.25) is 0 Å². The zero-order valence-corrected chi connectivity index (χ0v) is 13.5. The second kappa shape index (κ2) is 5.94. The first-order valence-corrected chi connectivity index (χ1v) is 9.95. The van der Waals surface area contributed by atoms with Crippen LogP contribution in [0.5, 0.6) is 0 Å². The van der Waals surface area contributed by atoms with Crippen molar-refractivity contribution in [3.8, 4) is 0 Å². The van der Waals surface area contributed by atoms with Crippen molar-refractivity contribution in [3.05, 3.63) is 23.8 Å². The number of primary sulfonamides is 1. The Labute approximate surface area is 125 Å². The summed E-state index contributed by atoms with van der Waals surface area (Å²) >= 11 is 0. The van der Waals surface area contributed by atoms with E-state index in [1.807, 2.05) is 0 Å². The average Bonchev–Trinajstić information content (AvgIpc) is 2.41. The topological polar surface area (TPSA) is 106 Å². The molecular formula is C13H20N2O4S2. The number of nitrogens with one attached hydrogen (secondary N) is 1. The first-order valence-electron chi connectivity index (χ1n) is 6.86. The number of rotatable bonds is 4. The summed E-state index contributed by atoms with van der Waals surface area (Å²) in [6, 6.07) is 4.39. The minimum Gasteiger partial charge on any atom is -0.283 e. The Bertz CT molecular complexity index is 721. The molecule has 0 unspecified atom stereocenters. The number of hydrogen-bond donors (Lipinski definition) is 2. The van der Waals surface area contributed by atoms with Crippen molar-refractivity contribution in [1.29, 1.82) is 0 Å². The molecule has 2 rings (SSSR count). The van der Waals surface area contributed by atoms with Crippen molar-refractivity contribution in [1.82, 2.24) is 0 Å². The van der Waals surface area contributed by atoms with Gasteiger partial charge in [-0.2, -0.15) is 0 Å². The van der Waals surface area contributed by atoms with Gasteiger partial charge in [0.15, 0.2) is 0 Å². The SMILES string of the molecule is Cc1c(NS(=O)(=O)C2CCCCC2)cccc1S(N)(=O)=O. The summed E-state index contributed by atoms with van der Waals surface area (Å²) < 4.78 is 50.2. The van der Waals surface area contributed by atoms with Gasteiger partial charge in [0.1, 0.15) is 0 Å². The van der Waals surface area contributed by atoms with Crippen LogP contribution in [0.15, 0.2) is 23.1 Å². The highest BCUT2D eigenvalue weighted by atomic mass is 32.2. The lowest BCUT2D eigenvalue weighted by Gasteiger charge is -2.23. The number of nitrogens with two attached hydrogens (primary N) is 1. The lowest BCUT2D eigenvalue weighted by atomic mass is 10.0. The van der Waals surface area contributed by atoms with Crippen molar-refractivity contribution in [2.24, 2.45) is 5.14 Å². The first kappa shape index (κ1) is 16.3. The average molecular weight is 332 g/mol. The van der Waals surface area contributed by atoms with Gasteiger partial charge in [0, 0.05) is 0 Å². The molecule has 3 N–H and O–H groups in total. The summed E-state index contributed by atoms with van der Waals surface area (Å²) in [5.41, 5.74) is 0.589. The van der Waals surface area contributed by atoms with Gasteiger partial charge in [-0.3, -0.25) is 4.72 Å². The summed E-state index contributed by atoms with van der Waals surface area (Å²) in [7, 11) is -7.38. The largest absolute Gasteiger partial charge is 0.283 e. The first-order chi connectivity index (χ1) is 9.72. The van der Waals surface area contributed by atoms with Gasteiger partial charge in [0.2, 0.25) is 20.0 Å². The highest BCUT2D eigenvalue weighted by Gasteiger charge is 2.28. The Morgan fingerprint density at radius 2 is 1.71 bits per heavy atom. The summed E-state index contributed by atoms with van der Waals surface area (Å²) in [4.78, 5) is -0.0636. The molecule has 0 saturated heterocycles. The van der Waals surface area contributed by atoms with E-state index in [0.717, 1.165) is 19.3 Å². The van der Waals surface area contributed by atoms with E-state index < -0.39 is 25.3 Å². The highest BCUT2D eigenvalue weighted by molar-refractivity contribution is 7.93. The Morgan fingerprint density at radius 3 is 2.29 bits per heavy atom. The monoisotopic (exact) mass is 332 g/mol. The molecule has 1 aliphatic rings. The molecule has 0 aromatic heterocycles. The van der Waals surface area contributed by atoms with Gasteiger partial charge < -0.3 is 0 Å². The van der Waals surface area contributed by atoms with E-state index in [2.05, 4.69) is 4.72 Å². The molecule has 1 aromatic rings. The second-order valence-corrected chi connectivity index (χ2v) is 8.87. The molecular weight excluding hydrogens is 312 g/mol. The van der Waals surface area contributed by atoms with Gasteiger partial charge in [-0.05, 0) is 37.5 Å². The Balaban J connectivity index is 2.31. The minimum absolute atomic E-state index is 0.0636. The molecule has 1 aliphatic carbocycles. The van der Waals surface area contributed by atoms with Gasteiger partial charge >= 0.3 is 0 Å². The molecule has 0 amide bonds. The normalized spacial score (nSPS) is 17.6. The third-order valence-electron chi connectivity index (χ3n) is 3.83. The molecule has 6 nitrogen and oxygen atoms in total. The Hall–Kier alpha value is -1.12. The maximum absolute atomic E-state index is 12.4. The fourth-order valence-corrected chi connectivity index (χ4v) is 5.10. The molecule has 0 radical (unpaired) electrons. The van der Waals surface area contributed by atoms with Crippen LogP contribution in [0.1, 0.15) is 37.7 Å². The molecule has 8 heteroatoms. The van der Waals surface area contributed by atoms with Crippen molar-refractivity contribution in [2.75, 3.05) is 4.72 Å². The summed E-state index contributed by atoms with van der Waals surface area (Å²) in [5.74, 6) is 0. The zero-order valence-electron chi connectivity index (χ0n) is 11.9. The highest BCUT2D eigenvalue weighted by Crippen LogP contribution is 2.28. The van der Waals surface area contributed by atoms with Gasteiger partial charge in [-0.25, -0.2) is 22.0 Å². The maximum atomic E-state index is 12.4. The molecule has 0 bridgehead atoms. The van der Waals surface area contributed by atoms with Crippen LogP contribution in [0.25, 0.3) is 0 Å². The van der Waals surface area contributed by atoms with Gasteiger partial charge in [-0.15, -0.1) is 0 Å². The van der Waals surface area contributed by atoms with E-state index in [1.165, 1.54) is 12.1 Å². The lowest BCUT2D eigenvalue weighted by Crippen LogP contribution is -2.30. The van der Waals surface area contributed by atoms with Crippen molar-refractivity contribution < 1.29 is 16.8 Å². The molecule has 118 valence electrons. The molecule has 0 atom stereocenters. The Kier molecular flexibility index (Phi) is 4.60.